The van der Waals surface area contributed by atoms with Gasteiger partial charge in [0.25, 0.3) is 15.9 Å². The Morgan fingerprint density at radius 2 is 1.77 bits per heavy atom. The number of thiazole rings is 1. The Labute approximate surface area is 187 Å². The van der Waals surface area contributed by atoms with Gasteiger partial charge in [0.15, 0.2) is 0 Å². The number of carbonyl (C=O) groups excluding carboxylic acids is 1. The molecule has 1 heterocycles. The van der Waals surface area contributed by atoms with Crippen LogP contribution in [0.4, 0.5) is 5.69 Å². The molecular weight excluding hydrogens is 430 g/mol. The van der Waals surface area contributed by atoms with E-state index in [1.807, 2.05) is 25.3 Å². The van der Waals surface area contributed by atoms with Gasteiger partial charge in [0.1, 0.15) is 0 Å². The van der Waals surface area contributed by atoms with Gasteiger partial charge in [0.2, 0.25) is 0 Å². The number of nitrogens with zero attached hydrogens (tertiary/aromatic N) is 1. The van der Waals surface area contributed by atoms with Gasteiger partial charge in [-0.05, 0) is 81.5 Å². The van der Waals surface area contributed by atoms with Crippen molar-refractivity contribution in [3.8, 4) is 0 Å². The van der Waals surface area contributed by atoms with Crippen molar-refractivity contribution in [1.82, 2.24) is 10.3 Å². The molecule has 0 radical (unpaired) electrons. The number of anilines is 1. The third-order valence-electron chi connectivity index (χ3n) is 4.80. The molecule has 8 heteroatoms. The minimum Gasteiger partial charge on any atom is -0.352 e. The maximum atomic E-state index is 12.7. The van der Waals surface area contributed by atoms with E-state index < -0.39 is 10.0 Å². The van der Waals surface area contributed by atoms with Crippen molar-refractivity contribution in [2.24, 2.45) is 0 Å². The van der Waals surface area contributed by atoms with Gasteiger partial charge in [0, 0.05) is 28.9 Å². The molecule has 0 bridgehead atoms. The van der Waals surface area contributed by atoms with E-state index in [9.17, 15) is 13.2 Å². The summed E-state index contributed by atoms with van der Waals surface area (Å²) in [5.74, 6) is -0.172. The molecule has 0 aliphatic rings. The average Bonchev–Trinajstić information content (AvgIpc) is 3.14. The summed E-state index contributed by atoms with van der Waals surface area (Å²) in [6.45, 7) is 6.19. The lowest BCUT2D eigenvalue weighted by Gasteiger charge is -2.12. The highest BCUT2D eigenvalue weighted by Gasteiger charge is 2.17. The second-order valence-corrected chi connectivity index (χ2v) is 10.1. The molecule has 2 N–H and O–H groups in total. The van der Waals surface area contributed by atoms with E-state index in [1.165, 1.54) is 0 Å². The van der Waals surface area contributed by atoms with Gasteiger partial charge in [-0.1, -0.05) is 12.1 Å². The predicted molar refractivity (Wildman–Crippen MR) is 125 cm³/mol. The molecule has 164 valence electrons. The molecule has 3 aromatic rings. The smallest absolute Gasteiger partial charge is 0.262 e. The Balaban J connectivity index is 1.51. The largest absolute Gasteiger partial charge is 0.352 e. The van der Waals surface area contributed by atoms with Crippen molar-refractivity contribution >= 4 is 33.0 Å². The number of nitrogens with one attached hydrogen (secondary N) is 2. The lowest BCUT2D eigenvalue weighted by molar-refractivity contribution is 0.0953. The first-order valence-electron chi connectivity index (χ1n) is 10.1. The van der Waals surface area contributed by atoms with Crippen LogP contribution in [0.15, 0.2) is 52.7 Å². The van der Waals surface area contributed by atoms with E-state index in [2.05, 4.69) is 15.0 Å². The van der Waals surface area contributed by atoms with Crippen LogP contribution < -0.4 is 10.0 Å². The van der Waals surface area contributed by atoms with Gasteiger partial charge in [-0.25, -0.2) is 13.4 Å². The average molecular weight is 458 g/mol. The second-order valence-electron chi connectivity index (χ2n) is 7.55. The van der Waals surface area contributed by atoms with E-state index in [0.717, 1.165) is 35.5 Å². The Morgan fingerprint density at radius 1 is 1.03 bits per heavy atom. The third-order valence-corrected chi connectivity index (χ3v) is 7.35. The molecule has 0 atom stereocenters. The van der Waals surface area contributed by atoms with E-state index >= 15 is 0 Å². The van der Waals surface area contributed by atoms with Crippen LogP contribution in [-0.4, -0.2) is 25.9 Å². The number of carbonyl (C=O) groups is 1. The number of amides is 1. The van der Waals surface area contributed by atoms with E-state index in [0.29, 0.717) is 23.4 Å². The Morgan fingerprint density at radius 3 is 2.45 bits per heavy atom. The number of hydrogen-bond acceptors (Lipinski definition) is 5. The van der Waals surface area contributed by atoms with E-state index in [4.69, 9.17) is 0 Å². The quantitative estimate of drug-likeness (QED) is 0.459. The Kier molecular flexibility index (Phi) is 7.46. The number of rotatable bonds is 9. The number of benzene rings is 2. The molecule has 31 heavy (non-hydrogen) atoms. The molecule has 1 aromatic heterocycles. The zero-order chi connectivity index (χ0) is 22.4. The molecule has 0 unspecified atom stereocenters. The fourth-order valence-corrected chi connectivity index (χ4v) is 5.33. The highest BCUT2D eigenvalue weighted by atomic mass is 32.2. The molecule has 0 aliphatic heterocycles. The van der Waals surface area contributed by atoms with Crippen molar-refractivity contribution in [2.75, 3.05) is 11.3 Å². The summed E-state index contributed by atoms with van der Waals surface area (Å²) in [4.78, 5) is 17.0. The lowest BCUT2D eigenvalue weighted by Crippen LogP contribution is -2.24. The molecular formula is C23H27N3O3S2. The van der Waals surface area contributed by atoms with Gasteiger partial charge >= 0.3 is 0 Å². The van der Waals surface area contributed by atoms with E-state index in [-0.39, 0.29) is 10.8 Å². The van der Waals surface area contributed by atoms with Crippen molar-refractivity contribution in [2.45, 2.75) is 44.9 Å². The van der Waals surface area contributed by atoms with Crippen molar-refractivity contribution < 1.29 is 13.2 Å². The lowest BCUT2D eigenvalue weighted by atomic mass is 10.2. The van der Waals surface area contributed by atoms with Crippen LogP contribution in [0, 0.1) is 20.8 Å². The third kappa shape index (κ3) is 6.38. The molecule has 0 fully saturated rings. The van der Waals surface area contributed by atoms with Gasteiger partial charge in [0.05, 0.1) is 9.90 Å². The van der Waals surface area contributed by atoms with Crippen LogP contribution in [0.5, 0.6) is 0 Å². The summed E-state index contributed by atoms with van der Waals surface area (Å²) < 4.78 is 28.0. The maximum Gasteiger partial charge on any atom is 0.262 e. The fraction of sp³-hybridized carbons (Fsp3) is 0.304. The van der Waals surface area contributed by atoms with Crippen LogP contribution in [0.1, 0.15) is 45.0 Å². The molecule has 3 rings (SSSR count). The number of aromatic nitrogens is 1. The van der Waals surface area contributed by atoms with Crippen molar-refractivity contribution in [1.29, 1.82) is 0 Å². The summed E-state index contributed by atoms with van der Waals surface area (Å²) in [5.41, 5.74) is 3.51. The maximum absolute atomic E-state index is 12.7. The summed E-state index contributed by atoms with van der Waals surface area (Å²) >= 11 is 1.67. The van der Waals surface area contributed by atoms with Gasteiger partial charge < -0.3 is 5.32 Å². The zero-order valence-electron chi connectivity index (χ0n) is 17.9. The summed E-state index contributed by atoms with van der Waals surface area (Å²) in [5, 5.41) is 6.08. The molecule has 0 spiro atoms. The van der Waals surface area contributed by atoms with Crippen LogP contribution in [0.3, 0.4) is 0 Å². The topological polar surface area (TPSA) is 88.2 Å². The minimum absolute atomic E-state index is 0.172. The first-order valence-corrected chi connectivity index (χ1v) is 12.5. The first-order chi connectivity index (χ1) is 14.7. The van der Waals surface area contributed by atoms with Crippen LogP contribution in [0.2, 0.25) is 0 Å². The Bertz CT molecular complexity index is 1150. The standard InChI is InChI=1S/C23H27N3O3S2/c1-16-7-8-17(2)21(14-16)31(28,29)26-20-11-9-19(10-12-20)23(27)24-13-5-4-6-22-25-18(3)15-30-22/h7-12,14-15,26H,4-6,13H2,1-3H3,(H,24,27). The molecule has 0 aliphatic carbocycles. The van der Waals surface area contributed by atoms with Crippen molar-refractivity contribution in [3.63, 3.8) is 0 Å². The van der Waals surface area contributed by atoms with Crippen LogP contribution in [-0.2, 0) is 16.4 Å². The van der Waals surface area contributed by atoms with Crippen molar-refractivity contribution in [3.05, 3.63) is 75.2 Å². The first kappa shape index (κ1) is 23.0. The predicted octanol–water partition coefficient (Wildman–Crippen LogP) is 4.62. The van der Waals surface area contributed by atoms with Crippen LogP contribution in [0.25, 0.3) is 0 Å². The summed E-state index contributed by atoms with van der Waals surface area (Å²) in [7, 11) is -3.70. The number of sulfonamides is 1. The number of unbranched alkanes of at least 4 members (excludes halogenated alkanes) is 1. The highest BCUT2D eigenvalue weighted by molar-refractivity contribution is 7.92. The van der Waals surface area contributed by atoms with Gasteiger partial charge in [-0.15, -0.1) is 11.3 Å². The number of aryl methyl sites for hydroxylation is 4. The monoisotopic (exact) mass is 457 g/mol. The fourth-order valence-electron chi connectivity index (χ4n) is 3.12. The number of hydrogen-bond donors (Lipinski definition) is 2. The highest BCUT2D eigenvalue weighted by Crippen LogP contribution is 2.21. The minimum atomic E-state index is -3.70. The summed E-state index contributed by atoms with van der Waals surface area (Å²) in [6, 6.07) is 11.8. The van der Waals surface area contributed by atoms with Gasteiger partial charge in [-0.2, -0.15) is 0 Å². The van der Waals surface area contributed by atoms with Gasteiger partial charge in [-0.3, -0.25) is 9.52 Å². The molecule has 0 saturated carbocycles. The Hall–Kier alpha value is -2.71. The zero-order valence-corrected chi connectivity index (χ0v) is 19.6. The van der Waals surface area contributed by atoms with Crippen LogP contribution >= 0.6 is 11.3 Å². The second kappa shape index (κ2) is 10.1. The van der Waals surface area contributed by atoms with E-state index in [1.54, 1.807) is 54.7 Å². The SMILES string of the molecule is Cc1ccc(C)c(S(=O)(=O)Nc2ccc(C(=O)NCCCCc3nc(C)cs3)cc2)c1. The normalized spacial score (nSPS) is 11.3. The summed E-state index contributed by atoms with van der Waals surface area (Å²) in [6.07, 6.45) is 2.76. The molecule has 1 amide bonds. The molecule has 0 saturated heterocycles. The molecule has 2 aromatic carbocycles. The molecule has 6 nitrogen and oxygen atoms in total.